The van der Waals surface area contributed by atoms with Gasteiger partial charge in [0.25, 0.3) is 5.24 Å². The van der Waals surface area contributed by atoms with Crippen molar-refractivity contribution in [2.75, 3.05) is 25.4 Å². The number of rotatable bonds is 1. The zero-order valence-electron chi connectivity index (χ0n) is 8.66. The molecular weight excluding hydrogens is 214 g/mol. The van der Waals surface area contributed by atoms with Crippen LogP contribution in [0.5, 0.6) is 0 Å². The minimum absolute atomic E-state index is 0.0571. The van der Waals surface area contributed by atoms with Crippen molar-refractivity contribution in [1.82, 2.24) is 15.5 Å². The SMILES string of the molecule is C[C@H]1CN(C(=O)[C@@H]2CSC(=O)N2)CCN1. The highest BCUT2D eigenvalue weighted by atomic mass is 32.2. The number of thioether (sulfide) groups is 1. The maximum absolute atomic E-state index is 12.0. The van der Waals surface area contributed by atoms with E-state index in [0.29, 0.717) is 11.8 Å². The zero-order chi connectivity index (χ0) is 10.8. The second-order valence-corrected chi connectivity index (χ2v) is 4.93. The van der Waals surface area contributed by atoms with Crippen LogP contribution in [0.4, 0.5) is 4.79 Å². The van der Waals surface area contributed by atoms with E-state index < -0.39 is 0 Å². The van der Waals surface area contributed by atoms with E-state index in [4.69, 9.17) is 0 Å². The molecule has 2 aliphatic heterocycles. The summed E-state index contributed by atoms with van der Waals surface area (Å²) in [7, 11) is 0. The molecule has 2 N–H and O–H groups in total. The highest BCUT2D eigenvalue weighted by Gasteiger charge is 2.32. The minimum Gasteiger partial charge on any atom is -0.338 e. The lowest BCUT2D eigenvalue weighted by molar-refractivity contribution is -0.133. The van der Waals surface area contributed by atoms with Crippen molar-refractivity contribution in [2.45, 2.75) is 19.0 Å². The predicted molar refractivity (Wildman–Crippen MR) is 58.8 cm³/mol. The van der Waals surface area contributed by atoms with Crippen molar-refractivity contribution in [1.29, 1.82) is 0 Å². The average molecular weight is 229 g/mol. The predicted octanol–water partition coefficient (Wildman–Crippen LogP) is -0.368. The van der Waals surface area contributed by atoms with Crippen LogP contribution in [-0.2, 0) is 4.79 Å². The Morgan fingerprint density at radius 2 is 2.40 bits per heavy atom. The van der Waals surface area contributed by atoms with Crippen LogP contribution >= 0.6 is 11.8 Å². The highest BCUT2D eigenvalue weighted by Crippen LogP contribution is 2.15. The molecule has 84 valence electrons. The van der Waals surface area contributed by atoms with Crippen LogP contribution in [-0.4, -0.2) is 53.5 Å². The molecule has 15 heavy (non-hydrogen) atoms. The third-order valence-electron chi connectivity index (χ3n) is 2.65. The van der Waals surface area contributed by atoms with Gasteiger partial charge in [-0.25, -0.2) is 0 Å². The Balaban J connectivity index is 1.92. The summed E-state index contributed by atoms with van der Waals surface area (Å²) < 4.78 is 0. The first-order valence-corrected chi connectivity index (χ1v) is 6.11. The van der Waals surface area contributed by atoms with Gasteiger partial charge in [0.05, 0.1) is 0 Å². The quantitative estimate of drug-likeness (QED) is 0.644. The summed E-state index contributed by atoms with van der Waals surface area (Å²) in [5.41, 5.74) is 0. The van der Waals surface area contributed by atoms with E-state index in [2.05, 4.69) is 17.6 Å². The Bertz CT molecular complexity index is 285. The van der Waals surface area contributed by atoms with Crippen LogP contribution in [0, 0.1) is 0 Å². The first-order valence-electron chi connectivity index (χ1n) is 5.12. The van der Waals surface area contributed by atoms with Gasteiger partial charge in [-0.3, -0.25) is 9.59 Å². The molecule has 0 saturated carbocycles. The van der Waals surface area contributed by atoms with Gasteiger partial charge < -0.3 is 15.5 Å². The summed E-state index contributed by atoms with van der Waals surface area (Å²) in [6, 6.07) is 0.0280. The fraction of sp³-hybridized carbons (Fsp3) is 0.778. The molecule has 2 saturated heterocycles. The number of amides is 2. The topological polar surface area (TPSA) is 61.4 Å². The van der Waals surface area contributed by atoms with Crippen molar-refractivity contribution in [3.63, 3.8) is 0 Å². The summed E-state index contributed by atoms with van der Waals surface area (Å²) in [5, 5.41) is 5.87. The molecule has 0 radical (unpaired) electrons. The van der Waals surface area contributed by atoms with E-state index in [1.165, 1.54) is 11.8 Å². The molecule has 5 nitrogen and oxygen atoms in total. The number of nitrogens with zero attached hydrogens (tertiary/aromatic N) is 1. The maximum atomic E-state index is 12.0. The first kappa shape index (κ1) is 10.8. The molecule has 0 spiro atoms. The molecule has 2 aliphatic rings. The molecule has 2 amide bonds. The van der Waals surface area contributed by atoms with E-state index in [1.807, 2.05) is 4.90 Å². The highest BCUT2D eigenvalue weighted by molar-refractivity contribution is 8.14. The maximum Gasteiger partial charge on any atom is 0.279 e. The first-order chi connectivity index (χ1) is 7.16. The molecule has 0 aromatic carbocycles. The van der Waals surface area contributed by atoms with Gasteiger partial charge in [-0.05, 0) is 6.92 Å². The monoisotopic (exact) mass is 229 g/mol. The molecular formula is C9H15N3O2S. The number of hydrogen-bond acceptors (Lipinski definition) is 4. The lowest BCUT2D eigenvalue weighted by Gasteiger charge is -2.33. The summed E-state index contributed by atoms with van der Waals surface area (Å²) >= 11 is 1.19. The van der Waals surface area contributed by atoms with Gasteiger partial charge in [-0.1, -0.05) is 11.8 Å². The fourth-order valence-electron chi connectivity index (χ4n) is 1.87. The molecule has 0 aromatic rings. The van der Waals surface area contributed by atoms with Crippen LogP contribution < -0.4 is 10.6 Å². The number of carbonyl (C=O) groups is 2. The molecule has 6 heteroatoms. The largest absolute Gasteiger partial charge is 0.338 e. The van der Waals surface area contributed by atoms with Crippen LogP contribution in [0.3, 0.4) is 0 Å². The number of hydrogen-bond donors (Lipinski definition) is 2. The van der Waals surface area contributed by atoms with E-state index >= 15 is 0 Å². The number of piperazine rings is 1. The summed E-state index contributed by atoms with van der Waals surface area (Å²) in [5.74, 6) is 0.623. The summed E-state index contributed by atoms with van der Waals surface area (Å²) in [4.78, 5) is 24.8. The molecule has 2 rings (SSSR count). The summed E-state index contributed by atoms with van der Waals surface area (Å²) in [6.07, 6.45) is 0. The van der Waals surface area contributed by atoms with Crippen molar-refractivity contribution >= 4 is 22.9 Å². The van der Waals surface area contributed by atoms with Gasteiger partial charge >= 0.3 is 0 Å². The van der Waals surface area contributed by atoms with Crippen LogP contribution in [0.2, 0.25) is 0 Å². The smallest absolute Gasteiger partial charge is 0.279 e. The third-order valence-corrected chi connectivity index (χ3v) is 3.53. The summed E-state index contributed by atoms with van der Waals surface area (Å²) in [6.45, 7) is 4.36. The van der Waals surface area contributed by atoms with Gasteiger partial charge in [0.2, 0.25) is 5.91 Å². The lowest BCUT2D eigenvalue weighted by Crippen LogP contribution is -2.55. The molecule has 2 atom stereocenters. The number of nitrogens with one attached hydrogen (secondary N) is 2. The van der Waals surface area contributed by atoms with Crippen LogP contribution in [0.25, 0.3) is 0 Å². The van der Waals surface area contributed by atoms with Gasteiger partial charge in [-0.2, -0.15) is 0 Å². The lowest BCUT2D eigenvalue weighted by atomic mass is 10.2. The van der Waals surface area contributed by atoms with Crippen molar-refractivity contribution in [3.8, 4) is 0 Å². The third kappa shape index (κ3) is 2.43. The van der Waals surface area contributed by atoms with Gasteiger partial charge in [0, 0.05) is 31.4 Å². The van der Waals surface area contributed by atoms with E-state index in [0.717, 1.165) is 19.6 Å². The van der Waals surface area contributed by atoms with Crippen molar-refractivity contribution in [3.05, 3.63) is 0 Å². The molecule has 2 fully saturated rings. The molecule has 0 aromatic heterocycles. The van der Waals surface area contributed by atoms with Gasteiger partial charge in [0.15, 0.2) is 0 Å². The van der Waals surface area contributed by atoms with E-state index in [1.54, 1.807) is 0 Å². The van der Waals surface area contributed by atoms with E-state index in [-0.39, 0.29) is 17.2 Å². The Morgan fingerprint density at radius 1 is 1.60 bits per heavy atom. The van der Waals surface area contributed by atoms with Gasteiger partial charge in [0.1, 0.15) is 6.04 Å². The Hall–Kier alpha value is -0.750. The number of carbonyl (C=O) groups excluding carboxylic acids is 2. The average Bonchev–Trinajstić information content (AvgIpc) is 2.64. The van der Waals surface area contributed by atoms with Crippen LogP contribution in [0.15, 0.2) is 0 Å². The van der Waals surface area contributed by atoms with Crippen LogP contribution in [0.1, 0.15) is 6.92 Å². The fourth-order valence-corrected chi connectivity index (χ4v) is 2.64. The van der Waals surface area contributed by atoms with Crippen molar-refractivity contribution < 1.29 is 9.59 Å². The molecule has 0 unspecified atom stereocenters. The van der Waals surface area contributed by atoms with Crippen molar-refractivity contribution in [2.24, 2.45) is 0 Å². The molecule has 0 bridgehead atoms. The zero-order valence-corrected chi connectivity index (χ0v) is 9.47. The Morgan fingerprint density at radius 3 is 3.00 bits per heavy atom. The minimum atomic E-state index is -0.312. The normalized spacial score (nSPS) is 31.5. The standard InChI is InChI=1S/C9H15N3O2S/c1-6-4-12(3-2-10-6)8(13)7-5-15-9(14)11-7/h6-7,10H,2-5H2,1H3,(H,11,14)/t6-,7-/m0/s1. The second kappa shape index (κ2) is 4.40. The molecule has 2 heterocycles. The van der Waals surface area contributed by atoms with E-state index in [9.17, 15) is 9.59 Å². The Labute approximate surface area is 93.0 Å². The molecule has 0 aliphatic carbocycles. The second-order valence-electron chi connectivity index (χ2n) is 3.93. The van der Waals surface area contributed by atoms with Gasteiger partial charge in [-0.15, -0.1) is 0 Å². The Kier molecular flexibility index (Phi) is 3.16.